The van der Waals surface area contributed by atoms with E-state index in [1.54, 1.807) is 7.11 Å². The third-order valence-corrected chi connectivity index (χ3v) is 2.89. The zero-order valence-electron chi connectivity index (χ0n) is 9.86. The summed E-state index contributed by atoms with van der Waals surface area (Å²) in [6.45, 7) is 5.92. The molecule has 0 aromatic carbocycles. The summed E-state index contributed by atoms with van der Waals surface area (Å²) in [4.78, 5) is 13.5. The van der Waals surface area contributed by atoms with Crippen molar-refractivity contribution in [1.82, 2.24) is 4.90 Å². The molecule has 1 aliphatic rings. The number of rotatable bonds is 3. The van der Waals surface area contributed by atoms with Crippen LogP contribution in [0.25, 0.3) is 0 Å². The normalized spacial score (nSPS) is 26.5. The van der Waals surface area contributed by atoms with Gasteiger partial charge in [-0.1, -0.05) is 6.92 Å². The number of carbonyl (C=O) groups is 1. The second-order valence-corrected chi connectivity index (χ2v) is 4.28. The van der Waals surface area contributed by atoms with E-state index in [2.05, 4.69) is 13.8 Å². The van der Waals surface area contributed by atoms with E-state index >= 15 is 0 Å². The maximum Gasteiger partial charge on any atom is 0.410 e. The van der Waals surface area contributed by atoms with E-state index in [4.69, 9.17) is 9.47 Å². The predicted molar refractivity (Wildman–Crippen MR) is 57.8 cm³/mol. The Kier molecular flexibility index (Phi) is 4.88. The summed E-state index contributed by atoms with van der Waals surface area (Å²) < 4.78 is 9.92. The molecule has 0 spiro atoms. The van der Waals surface area contributed by atoms with E-state index < -0.39 is 0 Å². The van der Waals surface area contributed by atoms with Crippen molar-refractivity contribution in [3.05, 3.63) is 0 Å². The van der Waals surface area contributed by atoms with Gasteiger partial charge >= 0.3 is 6.09 Å². The quantitative estimate of drug-likeness (QED) is 0.675. The van der Waals surface area contributed by atoms with Crippen molar-refractivity contribution in [3.8, 4) is 0 Å². The Bertz CT molecular complexity index is 208. The van der Waals surface area contributed by atoms with Crippen molar-refractivity contribution in [1.29, 1.82) is 0 Å². The summed E-state index contributed by atoms with van der Waals surface area (Å²) in [7, 11) is 1.60. The Morgan fingerprint density at radius 2 is 2.13 bits per heavy atom. The smallest absolute Gasteiger partial charge is 0.410 e. The molecule has 2 atom stereocenters. The van der Waals surface area contributed by atoms with Crippen LogP contribution < -0.4 is 0 Å². The van der Waals surface area contributed by atoms with Gasteiger partial charge in [0.2, 0.25) is 0 Å². The molecule has 0 aromatic rings. The molecule has 1 saturated heterocycles. The van der Waals surface area contributed by atoms with Crippen LogP contribution in [0.2, 0.25) is 0 Å². The highest BCUT2D eigenvalue weighted by atomic mass is 16.6. The number of likely N-dealkylation sites (tertiary alicyclic amines) is 1. The van der Waals surface area contributed by atoms with Gasteiger partial charge in [-0.2, -0.15) is 0 Å². The lowest BCUT2D eigenvalue weighted by Gasteiger charge is -2.35. The van der Waals surface area contributed by atoms with E-state index in [1.807, 2.05) is 4.90 Å². The zero-order chi connectivity index (χ0) is 11.3. The summed E-state index contributed by atoms with van der Waals surface area (Å²) in [5, 5.41) is 0. The number of nitrogens with zero attached hydrogens (tertiary/aromatic N) is 1. The number of methoxy groups -OCH3 is 1. The van der Waals surface area contributed by atoms with Crippen LogP contribution in [0.5, 0.6) is 0 Å². The topological polar surface area (TPSA) is 38.8 Å². The summed E-state index contributed by atoms with van der Waals surface area (Å²) in [6, 6.07) is 0.295. The molecule has 1 fully saturated rings. The third-order valence-electron chi connectivity index (χ3n) is 2.89. The minimum Gasteiger partial charge on any atom is -0.447 e. The van der Waals surface area contributed by atoms with Gasteiger partial charge in [-0.05, 0) is 25.7 Å². The molecule has 1 amide bonds. The Balaban J connectivity index is 2.32. The Morgan fingerprint density at radius 3 is 2.73 bits per heavy atom. The molecule has 1 heterocycles. The summed E-state index contributed by atoms with van der Waals surface area (Å²) in [5.74, 6) is 0.711. The highest BCUT2D eigenvalue weighted by molar-refractivity contribution is 5.68. The van der Waals surface area contributed by atoms with Crippen LogP contribution in [-0.4, -0.2) is 43.9 Å². The van der Waals surface area contributed by atoms with Crippen LogP contribution in [-0.2, 0) is 9.47 Å². The fourth-order valence-electron chi connectivity index (χ4n) is 1.97. The van der Waals surface area contributed by atoms with Crippen LogP contribution in [0.3, 0.4) is 0 Å². The number of hydrogen-bond donors (Lipinski definition) is 0. The summed E-state index contributed by atoms with van der Waals surface area (Å²) in [5.41, 5.74) is 0. The molecule has 2 unspecified atom stereocenters. The molecular formula is C11H21NO3. The maximum absolute atomic E-state index is 11.6. The van der Waals surface area contributed by atoms with Gasteiger partial charge < -0.3 is 14.4 Å². The fraction of sp³-hybridized carbons (Fsp3) is 0.909. The van der Waals surface area contributed by atoms with E-state index in [9.17, 15) is 4.79 Å². The molecular weight excluding hydrogens is 194 g/mol. The predicted octanol–water partition coefficient (Wildman–Crippen LogP) is 1.89. The average molecular weight is 215 g/mol. The second kappa shape index (κ2) is 5.95. The van der Waals surface area contributed by atoms with Crippen LogP contribution >= 0.6 is 0 Å². The van der Waals surface area contributed by atoms with Crippen molar-refractivity contribution in [3.63, 3.8) is 0 Å². The number of amides is 1. The van der Waals surface area contributed by atoms with Crippen molar-refractivity contribution < 1.29 is 14.3 Å². The highest BCUT2D eigenvalue weighted by Gasteiger charge is 2.27. The van der Waals surface area contributed by atoms with Gasteiger partial charge in [0.25, 0.3) is 0 Å². The molecule has 4 heteroatoms. The summed E-state index contributed by atoms with van der Waals surface area (Å²) >= 11 is 0. The molecule has 0 saturated carbocycles. The van der Waals surface area contributed by atoms with Gasteiger partial charge in [-0.15, -0.1) is 0 Å². The number of ether oxygens (including phenoxy) is 2. The molecule has 1 rings (SSSR count). The average Bonchev–Trinajstić information content (AvgIpc) is 2.17. The SMILES string of the molecule is COCCOC(=O)N1CCC(C)CC1C. The standard InChI is InChI=1S/C11H21NO3/c1-9-4-5-12(10(2)8-9)11(13)15-7-6-14-3/h9-10H,4-8H2,1-3H3. The van der Waals surface area contributed by atoms with Gasteiger partial charge in [0.15, 0.2) is 0 Å². The summed E-state index contributed by atoms with van der Waals surface area (Å²) in [6.07, 6.45) is 1.94. The minimum absolute atomic E-state index is 0.202. The van der Waals surface area contributed by atoms with Crippen LogP contribution in [0.15, 0.2) is 0 Å². The Morgan fingerprint density at radius 1 is 1.40 bits per heavy atom. The molecule has 0 bridgehead atoms. The van der Waals surface area contributed by atoms with Gasteiger partial charge in [-0.25, -0.2) is 4.79 Å². The van der Waals surface area contributed by atoms with E-state index in [-0.39, 0.29) is 6.09 Å². The van der Waals surface area contributed by atoms with Crippen molar-refractivity contribution in [2.75, 3.05) is 26.9 Å². The fourth-order valence-corrected chi connectivity index (χ4v) is 1.97. The maximum atomic E-state index is 11.6. The lowest BCUT2D eigenvalue weighted by atomic mass is 9.94. The monoisotopic (exact) mass is 215 g/mol. The van der Waals surface area contributed by atoms with Crippen molar-refractivity contribution in [2.24, 2.45) is 5.92 Å². The van der Waals surface area contributed by atoms with Crippen LogP contribution in [0.1, 0.15) is 26.7 Å². The van der Waals surface area contributed by atoms with E-state index in [0.29, 0.717) is 25.2 Å². The molecule has 0 radical (unpaired) electrons. The van der Waals surface area contributed by atoms with Crippen LogP contribution in [0, 0.1) is 5.92 Å². The van der Waals surface area contributed by atoms with Gasteiger partial charge in [0.05, 0.1) is 6.61 Å². The van der Waals surface area contributed by atoms with Gasteiger partial charge in [-0.3, -0.25) is 0 Å². The lowest BCUT2D eigenvalue weighted by Crippen LogP contribution is -2.44. The van der Waals surface area contributed by atoms with Gasteiger partial charge in [0, 0.05) is 19.7 Å². The van der Waals surface area contributed by atoms with E-state index in [1.165, 1.54) is 0 Å². The van der Waals surface area contributed by atoms with Gasteiger partial charge in [0.1, 0.15) is 6.61 Å². The minimum atomic E-state index is -0.202. The highest BCUT2D eigenvalue weighted by Crippen LogP contribution is 2.22. The molecule has 1 aliphatic heterocycles. The van der Waals surface area contributed by atoms with Crippen molar-refractivity contribution >= 4 is 6.09 Å². The Labute approximate surface area is 91.5 Å². The lowest BCUT2D eigenvalue weighted by molar-refractivity contribution is 0.0494. The second-order valence-electron chi connectivity index (χ2n) is 4.28. The first-order chi connectivity index (χ1) is 7.15. The largest absolute Gasteiger partial charge is 0.447 e. The first-order valence-corrected chi connectivity index (χ1v) is 5.57. The molecule has 0 aromatic heterocycles. The van der Waals surface area contributed by atoms with E-state index in [0.717, 1.165) is 19.4 Å². The van der Waals surface area contributed by atoms with Crippen molar-refractivity contribution in [2.45, 2.75) is 32.7 Å². The zero-order valence-corrected chi connectivity index (χ0v) is 9.86. The molecule has 0 aliphatic carbocycles. The molecule has 0 N–H and O–H groups in total. The first-order valence-electron chi connectivity index (χ1n) is 5.57. The number of piperidine rings is 1. The molecule has 4 nitrogen and oxygen atoms in total. The molecule has 88 valence electrons. The third kappa shape index (κ3) is 3.70. The first kappa shape index (κ1) is 12.3. The number of hydrogen-bond acceptors (Lipinski definition) is 3. The van der Waals surface area contributed by atoms with Crippen LogP contribution in [0.4, 0.5) is 4.79 Å². The number of carbonyl (C=O) groups excluding carboxylic acids is 1. The molecule has 15 heavy (non-hydrogen) atoms. The Hall–Kier alpha value is -0.770.